The summed E-state index contributed by atoms with van der Waals surface area (Å²) in [7, 11) is 0. The Morgan fingerprint density at radius 1 is 1.26 bits per heavy atom. The van der Waals surface area contributed by atoms with E-state index in [9.17, 15) is 14.4 Å². The normalized spacial score (nSPS) is 20.6. The molecule has 1 saturated heterocycles. The minimum absolute atomic E-state index is 0.254. The molecule has 0 aromatic heterocycles. The van der Waals surface area contributed by atoms with Crippen molar-refractivity contribution in [2.75, 3.05) is 13.1 Å². The lowest BCUT2D eigenvalue weighted by Gasteiger charge is -2.22. The minimum atomic E-state index is -1.13. The summed E-state index contributed by atoms with van der Waals surface area (Å²) < 4.78 is 0. The fourth-order valence-corrected chi connectivity index (χ4v) is 2.53. The number of rotatable bonds is 6. The molecule has 1 aliphatic heterocycles. The molecule has 1 aliphatic rings. The molecule has 1 heterocycles. The minimum Gasteiger partial charge on any atom is -0.355 e. The average Bonchev–Trinajstić information content (AvgIpc) is 2.72. The molecule has 6 heteroatoms. The van der Waals surface area contributed by atoms with Crippen LogP contribution in [-0.2, 0) is 15.1 Å². The maximum Gasteiger partial charge on any atom is 0.325 e. The number of benzene rings is 1. The Bertz CT molecular complexity index is 612. The smallest absolute Gasteiger partial charge is 0.325 e. The van der Waals surface area contributed by atoms with Gasteiger partial charge < -0.3 is 10.6 Å². The van der Waals surface area contributed by atoms with Gasteiger partial charge in [0, 0.05) is 6.54 Å². The summed E-state index contributed by atoms with van der Waals surface area (Å²) in [5, 5.41) is 5.41. The van der Waals surface area contributed by atoms with Crippen LogP contribution in [0, 0.1) is 6.92 Å². The molecular formula is C17H23N3O3. The van der Waals surface area contributed by atoms with Gasteiger partial charge in [-0.15, -0.1) is 0 Å². The lowest BCUT2D eigenvalue weighted by Crippen LogP contribution is -2.43. The highest BCUT2D eigenvalue weighted by Crippen LogP contribution is 2.28. The second-order valence-corrected chi connectivity index (χ2v) is 6.02. The van der Waals surface area contributed by atoms with Crippen molar-refractivity contribution >= 4 is 17.8 Å². The number of hydrogen-bond acceptors (Lipinski definition) is 3. The molecule has 0 bridgehead atoms. The lowest BCUT2D eigenvalue weighted by atomic mass is 9.91. The van der Waals surface area contributed by atoms with Crippen molar-refractivity contribution in [2.24, 2.45) is 0 Å². The first-order valence-corrected chi connectivity index (χ1v) is 7.86. The average molecular weight is 317 g/mol. The molecule has 0 radical (unpaired) electrons. The molecular weight excluding hydrogens is 294 g/mol. The summed E-state index contributed by atoms with van der Waals surface area (Å²) in [6.07, 6.45) is 1.84. The van der Waals surface area contributed by atoms with Crippen LogP contribution in [0.1, 0.15) is 37.8 Å². The Hall–Kier alpha value is -2.37. The molecule has 0 spiro atoms. The van der Waals surface area contributed by atoms with Crippen LogP contribution in [0.4, 0.5) is 4.79 Å². The lowest BCUT2D eigenvalue weighted by molar-refractivity contribution is -0.134. The van der Waals surface area contributed by atoms with Crippen molar-refractivity contribution in [1.29, 1.82) is 0 Å². The Kier molecular flexibility index (Phi) is 5.03. The molecule has 6 nitrogen and oxygen atoms in total. The van der Waals surface area contributed by atoms with E-state index in [1.165, 1.54) is 0 Å². The van der Waals surface area contributed by atoms with Gasteiger partial charge in [-0.3, -0.25) is 14.5 Å². The third-order valence-electron chi connectivity index (χ3n) is 4.06. The Morgan fingerprint density at radius 3 is 2.52 bits per heavy atom. The number of carbonyl (C=O) groups is 3. The zero-order valence-electron chi connectivity index (χ0n) is 13.8. The van der Waals surface area contributed by atoms with Gasteiger partial charge >= 0.3 is 6.03 Å². The molecule has 1 aromatic rings. The predicted molar refractivity (Wildman–Crippen MR) is 86.7 cm³/mol. The van der Waals surface area contributed by atoms with Gasteiger partial charge in [0.1, 0.15) is 12.1 Å². The van der Waals surface area contributed by atoms with E-state index in [1.54, 1.807) is 6.92 Å². The van der Waals surface area contributed by atoms with Crippen molar-refractivity contribution in [3.05, 3.63) is 35.4 Å². The van der Waals surface area contributed by atoms with Crippen molar-refractivity contribution in [3.8, 4) is 0 Å². The third kappa shape index (κ3) is 3.52. The van der Waals surface area contributed by atoms with Gasteiger partial charge in [-0.25, -0.2) is 4.79 Å². The number of carbonyl (C=O) groups excluding carboxylic acids is 3. The van der Waals surface area contributed by atoms with E-state index in [-0.39, 0.29) is 12.5 Å². The van der Waals surface area contributed by atoms with Gasteiger partial charge in [-0.2, -0.15) is 0 Å². The first-order valence-electron chi connectivity index (χ1n) is 7.86. The van der Waals surface area contributed by atoms with Crippen molar-refractivity contribution in [3.63, 3.8) is 0 Å². The quantitative estimate of drug-likeness (QED) is 0.619. The standard InChI is InChI=1S/C17H23N3O3/c1-4-5-10-18-14(21)11-20-15(22)17(3,19-16(20)23)13-8-6-12(2)7-9-13/h6-9H,4-5,10-11H2,1-3H3,(H,18,21)(H,19,23). The van der Waals surface area contributed by atoms with Crippen molar-refractivity contribution in [1.82, 2.24) is 15.5 Å². The van der Waals surface area contributed by atoms with Crippen LogP contribution in [0.15, 0.2) is 24.3 Å². The summed E-state index contributed by atoms with van der Waals surface area (Å²) >= 11 is 0. The maximum absolute atomic E-state index is 12.7. The van der Waals surface area contributed by atoms with Gasteiger partial charge in [0.15, 0.2) is 0 Å². The van der Waals surface area contributed by atoms with Crippen LogP contribution in [0.5, 0.6) is 0 Å². The third-order valence-corrected chi connectivity index (χ3v) is 4.06. The first-order chi connectivity index (χ1) is 10.9. The molecule has 2 rings (SSSR count). The Labute approximate surface area is 136 Å². The van der Waals surface area contributed by atoms with E-state index in [1.807, 2.05) is 38.1 Å². The Morgan fingerprint density at radius 2 is 1.91 bits per heavy atom. The number of aryl methyl sites for hydroxylation is 1. The predicted octanol–water partition coefficient (Wildman–Crippen LogP) is 1.68. The van der Waals surface area contributed by atoms with E-state index >= 15 is 0 Å². The van der Waals surface area contributed by atoms with E-state index in [0.717, 1.165) is 23.3 Å². The highest BCUT2D eigenvalue weighted by molar-refractivity contribution is 6.09. The van der Waals surface area contributed by atoms with E-state index in [4.69, 9.17) is 0 Å². The van der Waals surface area contributed by atoms with Crippen LogP contribution in [0.25, 0.3) is 0 Å². The summed E-state index contributed by atoms with van der Waals surface area (Å²) in [4.78, 5) is 37.6. The fraction of sp³-hybridized carbons (Fsp3) is 0.471. The fourth-order valence-electron chi connectivity index (χ4n) is 2.53. The molecule has 1 unspecified atom stereocenters. The number of nitrogens with zero attached hydrogens (tertiary/aromatic N) is 1. The van der Waals surface area contributed by atoms with Gasteiger partial charge in [0.2, 0.25) is 5.91 Å². The van der Waals surface area contributed by atoms with Crippen LogP contribution in [-0.4, -0.2) is 35.8 Å². The maximum atomic E-state index is 12.7. The van der Waals surface area contributed by atoms with Gasteiger partial charge in [-0.05, 0) is 25.8 Å². The molecule has 1 atom stereocenters. The van der Waals surface area contributed by atoms with Crippen LogP contribution in [0.2, 0.25) is 0 Å². The number of imide groups is 1. The molecule has 1 fully saturated rings. The summed E-state index contributed by atoms with van der Waals surface area (Å²) in [6.45, 7) is 5.93. The number of hydrogen-bond donors (Lipinski definition) is 2. The number of unbranched alkanes of at least 4 members (excludes halogenated alkanes) is 1. The molecule has 0 saturated carbocycles. The molecule has 2 N–H and O–H groups in total. The monoisotopic (exact) mass is 317 g/mol. The van der Waals surface area contributed by atoms with Gasteiger partial charge in [0.05, 0.1) is 0 Å². The summed E-state index contributed by atoms with van der Waals surface area (Å²) in [5.74, 6) is -0.730. The zero-order valence-corrected chi connectivity index (χ0v) is 13.8. The Balaban J connectivity index is 2.10. The largest absolute Gasteiger partial charge is 0.355 e. The SMILES string of the molecule is CCCCNC(=O)CN1C(=O)NC(C)(c2ccc(C)cc2)C1=O. The van der Waals surface area contributed by atoms with Gasteiger partial charge in [-0.1, -0.05) is 43.2 Å². The first kappa shape index (κ1) is 17.0. The van der Waals surface area contributed by atoms with E-state index < -0.39 is 17.5 Å². The second-order valence-electron chi connectivity index (χ2n) is 6.02. The zero-order chi connectivity index (χ0) is 17.0. The number of nitrogens with one attached hydrogen (secondary N) is 2. The number of urea groups is 1. The van der Waals surface area contributed by atoms with Crippen LogP contribution in [0.3, 0.4) is 0 Å². The van der Waals surface area contributed by atoms with Crippen LogP contribution >= 0.6 is 0 Å². The van der Waals surface area contributed by atoms with Crippen molar-refractivity contribution in [2.45, 2.75) is 39.2 Å². The van der Waals surface area contributed by atoms with E-state index in [0.29, 0.717) is 12.1 Å². The highest BCUT2D eigenvalue weighted by atomic mass is 16.2. The molecule has 1 aromatic carbocycles. The van der Waals surface area contributed by atoms with Crippen LogP contribution < -0.4 is 10.6 Å². The topological polar surface area (TPSA) is 78.5 Å². The molecule has 23 heavy (non-hydrogen) atoms. The second kappa shape index (κ2) is 6.81. The highest BCUT2D eigenvalue weighted by Gasteiger charge is 2.49. The summed E-state index contributed by atoms with van der Waals surface area (Å²) in [6, 6.07) is 6.88. The molecule has 4 amide bonds. The van der Waals surface area contributed by atoms with E-state index in [2.05, 4.69) is 10.6 Å². The molecule has 124 valence electrons. The number of amides is 4. The summed E-state index contributed by atoms with van der Waals surface area (Å²) in [5.41, 5.74) is 0.644. The molecule has 0 aliphatic carbocycles. The van der Waals surface area contributed by atoms with Crippen molar-refractivity contribution < 1.29 is 14.4 Å². The van der Waals surface area contributed by atoms with Gasteiger partial charge in [0.25, 0.3) is 5.91 Å².